The summed E-state index contributed by atoms with van der Waals surface area (Å²) in [6.07, 6.45) is 0.0344. The summed E-state index contributed by atoms with van der Waals surface area (Å²) in [5.41, 5.74) is 0.0654. The molecule has 0 saturated carbocycles. The molecule has 0 unspecified atom stereocenters. The fraction of sp³-hybridized carbons (Fsp3) is 0.550. The summed E-state index contributed by atoms with van der Waals surface area (Å²) in [4.78, 5) is 16.2. The fourth-order valence-corrected chi connectivity index (χ4v) is 3.69. The van der Waals surface area contributed by atoms with Gasteiger partial charge >= 0.3 is 6.09 Å². The maximum Gasteiger partial charge on any atom is 0.410 e. The van der Waals surface area contributed by atoms with Gasteiger partial charge in [-0.05, 0) is 32.4 Å². The Hall–Kier alpha value is -2.13. The Balaban J connectivity index is 1.38. The van der Waals surface area contributed by atoms with Crippen LogP contribution < -0.4 is 0 Å². The van der Waals surface area contributed by atoms with Crippen molar-refractivity contribution in [1.29, 1.82) is 0 Å². The van der Waals surface area contributed by atoms with Crippen LogP contribution in [0.5, 0.6) is 0 Å². The van der Waals surface area contributed by atoms with Crippen molar-refractivity contribution in [3.05, 3.63) is 41.5 Å². The summed E-state index contributed by atoms with van der Waals surface area (Å²) in [5, 5.41) is 8.52. The molecule has 1 aromatic heterocycles. The van der Waals surface area contributed by atoms with E-state index in [1.807, 2.05) is 20.8 Å². The number of carbonyl (C=O) groups is 1. The minimum absolute atomic E-state index is 0.250. The molecule has 0 bridgehead atoms. The van der Waals surface area contributed by atoms with Gasteiger partial charge in [-0.3, -0.25) is 4.90 Å². The number of carbonyl (C=O) groups excluding carboxylic acids is 1. The minimum atomic E-state index is -0.472. The number of benzene rings is 1. The highest BCUT2D eigenvalue weighted by Gasteiger charge is 2.25. The van der Waals surface area contributed by atoms with Crippen molar-refractivity contribution >= 4 is 17.9 Å². The molecule has 1 aromatic carbocycles. The molecule has 0 aliphatic carbocycles. The normalized spacial score (nSPS) is 15.5. The van der Waals surface area contributed by atoms with Gasteiger partial charge < -0.3 is 14.1 Å². The molecule has 1 saturated heterocycles. The van der Waals surface area contributed by atoms with Crippen molar-refractivity contribution in [2.24, 2.45) is 0 Å². The van der Waals surface area contributed by atoms with Crippen LogP contribution in [0, 0.1) is 5.82 Å². The van der Waals surface area contributed by atoms with Gasteiger partial charge in [0.1, 0.15) is 11.4 Å². The standard InChI is InChI=1S/C20H27FN4O3S/c1-20(2,3)28-19(26)25-10-8-24(9-11-25)12-13-29-18-23-22-17(27-18)14-15-6-4-5-7-16(15)21/h4-7H,8-14H2,1-3H3. The van der Waals surface area contributed by atoms with Crippen LogP contribution >= 0.6 is 11.8 Å². The van der Waals surface area contributed by atoms with Crippen LogP contribution in [0.4, 0.5) is 9.18 Å². The van der Waals surface area contributed by atoms with Gasteiger partial charge in [0.2, 0.25) is 5.89 Å². The van der Waals surface area contributed by atoms with Crippen molar-refractivity contribution in [1.82, 2.24) is 20.0 Å². The molecule has 0 spiro atoms. The lowest BCUT2D eigenvalue weighted by molar-refractivity contribution is 0.0150. The summed E-state index contributed by atoms with van der Waals surface area (Å²) in [7, 11) is 0. The number of hydrogen-bond donors (Lipinski definition) is 0. The molecular weight excluding hydrogens is 395 g/mol. The van der Waals surface area contributed by atoms with Crippen molar-refractivity contribution in [3.63, 3.8) is 0 Å². The molecule has 1 amide bonds. The Morgan fingerprint density at radius 3 is 2.62 bits per heavy atom. The predicted molar refractivity (Wildman–Crippen MR) is 108 cm³/mol. The molecule has 0 atom stereocenters. The average molecular weight is 423 g/mol. The summed E-state index contributed by atoms with van der Waals surface area (Å²) >= 11 is 1.48. The van der Waals surface area contributed by atoms with Gasteiger partial charge in [-0.1, -0.05) is 30.0 Å². The zero-order chi connectivity index (χ0) is 20.9. The van der Waals surface area contributed by atoms with Gasteiger partial charge in [0, 0.05) is 38.5 Å². The van der Waals surface area contributed by atoms with E-state index >= 15 is 0 Å². The highest BCUT2D eigenvalue weighted by Crippen LogP contribution is 2.19. The van der Waals surface area contributed by atoms with Gasteiger partial charge in [-0.25, -0.2) is 9.18 Å². The van der Waals surface area contributed by atoms with Crippen LogP contribution in [0.2, 0.25) is 0 Å². The number of nitrogens with zero attached hydrogens (tertiary/aromatic N) is 4. The van der Waals surface area contributed by atoms with Gasteiger partial charge in [0.05, 0.1) is 6.42 Å². The lowest BCUT2D eigenvalue weighted by Crippen LogP contribution is -2.50. The number of hydrogen-bond acceptors (Lipinski definition) is 7. The van der Waals surface area contributed by atoms with E-state index < -0.39 is 5.60 Å². The van der Waals surface area contributed by atoms with Crippen LogP contribution in [0.25, 0.3) is 0 Å². The number of amides is 1. The average Bonchev–Trinajstić information content (AvgIpc) is 3.10. The second kappa shape index (κ2) is 9.58. The smallest absolute Gasteiger partial charge is 0.410 e. The van der Waals surface area contributed by atoms with E-state index in [0.29, 0.717) is 29.8 Å². The van der Waals surface area contributed by atoms with Crippen molar-refractivity contribution in [2.45, 2.75) is 38.0 Å². The summed E-state index contributed by atoms with van der Waals surface area (Å²) < 4.78 is 24.7. The zero-order valence-electron chi connectivity index (χ0n) is 17.1. The Morgan fingerprint density at radius 1 is 1.21 bits per heavy atom. The van der Waals surface area contributed by atoms with E-state index in [4.69, 9.17) is 9.15 Å². The monoisotopic (exact) mass is 422 g/mol. The molecule has 2 aromatic rings. The summed E-state index contributed by atoms with van der Waals surface area (Å²) in [5.74, 6) is 0.933. The van der Waals surface area contributed by atoms with Crippen LogP contribution in [0.1, 0.15) is 32.2 Å². The first kappa shape index (κ1) is 21.6. The number of thioether (sulfide) groups is 1. The first-order valence-electron chi connectivity index (χ1n) is 9.69. The topological polar surface area (TPSA) is 71.7 Å². The van der Waals surface area contributed by atoms with E-state index in [1.165, 1.54) is 17.8 Å². The van der Waals surface area contributed by atoms with Crippen LogP contribution in [0.3, 0.4) is 0 Å². The Kier molecular flexibility index (Phi) is 7.13. The number of aromatic nitrogens is 2. The Bertz CT molecular complexity index is 816. The molecule has 1 aliphatic heterocycles. The van der Waals surface area contributed by atoms with Crippen LogP contribution in [-0.2, 0) is 11.2 Å². The Labute approximate surface area is 174 Å². The lowest BCUT2D eigenvalue weighted by atomic mass is 10.1. The molecule has 0 radical (unpaired) electrons. The molecule has 1 fully saturated rings. The fourth-order valence-electron chi connectivity index (χ4n) is 2.92. The van der Waals surface area contributed by atoms with E-state index in [-0.39, 0.29) is 18.3 Å². The molecule has 2 heterocycles. The predicted octanol–water partition coefficient (Wildman–Crippen LogP) is 3.44. The highest BCUT2D eigenvalue weighted by atomic mass is 32.2. The SMILES string of the molecule is CC(C)(C)OC(=O)N1CCN(CCSc2nnc(Cc3ccccc3F)o2)CC1. The highest BCUT2D eigenvalue weighted by molar-refractivity contribution is 7.99. The number of ether oxygens (including phenoxy) is 1. The van der Waals surface area contributed by atoms with Crippen molar-refractivity contribution in [2.75, 3.05) is 38.5 Å². The first-order valence-corrected chi connectivity index (χ1v) is 10.7. The molecule has 1 aliphatic rings. The summed E-state index contributed by atoms with van der Waals surface area (Å²) in [6.45, 7) is 9.41. The maximum absolute atomic E-state index is 13.7. The molecule has 7 nitrogen and oxygen atoms in total. The number of piperazine rings is 1. The lowest BCUT2D eigenvalue weighted by Gasteiger charge is -2.35. The molecule has 0 N–H and O–H groups in total. The van der Waals surface area contributed by atoms with Gasteiger partial charge in [0.15, 0.2) is 0 Å². The minimum Gasteiger partial charge on any atom is -0.444 e. The quantitative estimate of drug-likeness (QED) is 0.660. The van der Waals surface area contributed by atoms with Gasteiger partial charge in [-0.2, -0.15) is 0 Å². The van der Waals surface area contributed by atoms with Crippen molar-refractivity contribution < 1.29 is 18.3 Å². The Morgan fingerprint density at radius 2 is 1.93 bits per heavy atom. The van der Waals surface area contributed by atoms with Crippen molar-refractivity contribution in [3.8, 4) is 0 Å². The second-order valence-electron chi connectivity index (χ2n) is 7.89. The molecule has 158 valence electrons. The second-order valence-corrected chi connectivity index (χ2v) is 8.93. The van der Waals surface area contributed by atoms with Crippen LogP contribution in [-0.4, -0.2) is 70.2 Å². The first-order chi connectivity index (χ1) is 13.8. The zero-order valence-corrected chi connectivity index (χ0v) is 17.9. The molecular formula is C20H27FN4O3S. The summed E-state index contributed by atoms with van der Waals surface area (Å²) in [6, 6.07) is 6.57. The molecule has 29 heavy (non-hydrogen) atoms. The van der Waals surface area contributed by atoms with E-state index in [1.54, 1.807) is 23.1 Å². The third-order valence-electron chi connectivity index (χ3n) is 4.40. The van der Waals surface area contributed by atoms with Gasteiger partial charge in [-0.15, -0.1) is 10.2 Å². The van der Waals surface area contributed by atoms with E-state index in [2.05, 4.69) is 15.1 Å². The van der Waals surface area contributed by atoms with E-state index in [0.717, 1.165) is 25.4 Å². The molecule has 3 rings (SSSR count). The third kappa shape index (κ3) is 6.71. The van der Waals surface area contributed by atoms with Gasteiger partial charge in [0.25, 0.3) is 5.22 Å². The largest absolute Gasteiger partial charge is 0.444 e. The third-order valence-corrected chi connectivity index (χ3v) is 5.20. The number of halogens is 1. The number of rotatable bonds is 6. The maximum atomic E-state index is 13.7. The van der Waals surface area contributed by atoms with E-state index in [9.17, 15) is 9.18 Å². The molecule has 9 heteroatoms. The van der Waals surface area contributed by atoms with Crippen LogP contribution in [0.15, 0.2) is 33.9 Å².